The third-order valence-corrected chi connectivity index (χ3v) is 2.21. The maximum Gasteiger partial charge on any atom is 0.256 e. The van der Waals surface area contributed by atoms with Crippen molar-refractivity contribution < 1.29 is 4.79 Å². The molecule has 0 saturated heterocycles. The van der Waals surface area contributed by atoms with E-state index in [0.29, 0.717) is 5.56 Å². The Bertz CT molecular complexity index is 618. The van der Waals surface area contributed by atoms with Crippen LogP contribution in [0.3, 0.4) is 0 Å². The molecule has 18 heavy (non-hydrogen) atoms. The molecule has 1 aromatic heterocycles. The Kier molecular flexibility index (Phi) is 3.16. The number of carbonyl (C=O) groups excluding carboxylic acids is 1. The Balaban J connectivity index is 2.20. The largest absolute Gasteiger partial charge is 0.396 e. The van der Waals surface area contributed by atoms with Crippen LogP contribution in [0, 0.1) is 11.3 Å². The first-order valence-corrected chi connectivity index (χ1v) is 5.10. The molecule has 0 radical (unpaired) electrons. The molecule has 88 valence electrons. The minimum Gasteiger partial charge on any atom is -0.396 e. The van der Waals surface area contributed by atoms with Crippen molar-refractivity contribution in [2.24, 2.45) is 0 Å². The lowest BCUT2D eigenvalue weighted by atomic mass is 10.2. The van der Waals surface area contributed by atoms with Crippen LogP contribution in [0.5, 0.6) is 0 Å². The van der Waals surface area contributed by atoms with Gasteiger partial charge in [-0.05, 0) is 12.1 Å². The minimum atomic E-state index is -0.332. The van der Waals surface area contributed by atoms with Crippen LogP contribution in [0.4, 0.5) is 11.5 Å². The fourth-order valence-electron chi connectivity index (χ4n) is 1.33. The Labute approximate surface area is 103 Å². The molecule has 0 fully saturated rings. The highest BCUT2D eigenvalue weighted by molar-refractivity contribution is 6.04. The first-order valence-electron chi connectivity index (χ1n) is 5.10. The van der Waals surface area contributed by atoms with Gasteiger partial charge in [-0.3, -0.25) is 4.79 Å². The molecule has 0 aliphatic rings. The second-order valence-electron chi connectivity index (χ2n) is 3.47. The number of hydrogen-bond acceptors (Lipinski definition) is 5. The number of rotatable bonds is 2. The van der Waals surface area contributed by atoms with Crippen LogP contribution in [0.1, 0.15) is 16.1 Å². The molecular formula is C12H9N5O. The average molecular weight is 239 g/mol. The quantitative estimate of drug-likeness (QED) is 0.818. The number of nitrogens with two attached hydrogens (primary N) is 1. The summed E-state index contributed by atoms with van der Waals surface area (Å²) in [5, 5.41) is 18.4. The Morgan fingerprint density at radius 3 is 2.61 bits per heavy atom. The van der Waals surface area contributed by atoms with Crippen LogP contribution in [-0.4, -0.2) is 16.1 Å². The smallest absolute Gasteiger partial charge is 0.256 e. The van der Waals surface area contributed by atoms with E-state index in [-0.39, 0.29) is 23.1 Å². The normalized spacial score (nSPS) is 9.50. The lowest BCUT2D eigenvalue weighted by molar-refractivity contribution is 0.102. The van der Waals surface area contributed by atoms with Gasteiger partial charge in [0, 0.05) is 11.6 Å². The summed E-state index contributed by atoms with van der Waals surface area (Å²) in [6, 6.07) is 11.8. The zero-order valence-corrected chi connectivity index (χ0v) is 9.29. The van der Waals surface area contributed by atoms with Crippen molar-refractivity contribution in [1.82, 2.24) is 10.2 Å². The first kappa shape index (κ1) is 11.5. The molecule has 6 heteroatoms. The molecule has 0 saturated carbocycles. The van der Waals surface area contributed by atoms with E-state index in [9.17, 15) is 4.79 Å². The van der Waals surface area contributed by atoms with Gasteiger partial charge in [-0.1, -0.05) is 18.2 Å². The number of benzene rings is 1. The summed E-state index contributed by atoms with van der Waals surface area (Å²) in [5.41, 5.74) is 6.45. The Morgan fingerprint density at radius 2 is 2.00 bits per heavy atom. The van der Waals surface area contributed by atoms with Crippen LogP contribution >= 0.6 is 0 Å². The van der Waals surface area contributed by atoms with Crippen molar-refractivity contribution in [2.75, 3.05) is 11.1 Å². The number of amides is 1. The van der Waals surface area contributed by atoms with E-state index in [4.69, 9.17) is 11.0 Å². The van der Waals surface area contributed by atoms with Crippen molar-refractivity contribution in [1.29, 1.82) is 5.26 Å². The minimum absolute atomic E-state index is 0.102. The maximum atomic E-state index is 11.8. The van der Waals surface area contributed by atoms with Crippen LogP contribution < -0.4 is 11.1 Å². The van der Waals surface area contributed by atoms with E-state index < -0.39 is 0 Å². The first-order chi connectivity index (χ1) is 8.70. The number of carbonyl (C=O) groups is 1. The van der Waals surface area contributed by atoms with Gasteiger partial charge in [-0.25, -0.2) is 0 Å². The van der Waals surface area contributed by atoms with Crippen LogP contribution in [-0.2, 0) is 0 Å². The number of nitrogens with zero attached hydrogens (tertiary/aromatic N) is 3. The predicted molar refractivity (Wildman–Crippen MR) is 65.6 cm³/mol. The molecule has 0 spiro atoms. The zero-order chi connectivity index (χ0) is 13.0. The summed E-state index contributed by atoms with van der Waals surface area (Å²) in [6.07, 6.45) is 0. The van der Waals surface area contributed by atoms with Crippen molar-refractivity contribution >= 4 is 17.4 Å². The highest BCUT2D eigenvalue weighted by atomic mass is 16.1. The van der Waals surface area contributed by atoms with Gasteiger partial charge in [0.2, 0.25) is 0 Å². The third kappa shape index (κ3) is 2.41. The molecule has 0 bridgehead atoms. The van der Waals surface area contributed by atoms with Gasteiger partial charge in [0.25, 0.3) is 5.91 Å². The second kappa shape index (κ2) is 4.93. The molecule has 1 aromatic carbocycles. The molecule has 1 amide bonds. The van der Waals surface area contributed by atoms with Gasteiger partial charge in [0.15, 0.2) is 11.5 Å². The zero-order valence-electron chi connectivity index (χ0n) is 9.29. The summed E-state index contributed by atoms with van der Waals surface area (Å²) in [6.45, 7) is 0. The lowest BCUT2D eigenvalue weighted by Gasteiger charge is -2.05. The molecule has 0 unspecified atom stereocenters. The molecule has 2 aromatic rings. The third-order valence-electron chi connectivity index (χ3n) is 2.21. The molecular weight excluding hydrogens is 230 g/mol. The van der Waals surface area contributed by atoms with Crippen LogP contribution in [0.15, 0.2) is 36.4 Å². The topological polar surface area (TPSA) is 105 Å². The van der Waals surface area contributed by atoms with Crippen molar-refractivity contribution in [3.05, 3.63) is 47.7 Å². The second-order valence-corrected chi connectivity index (χ2v) is 3.47. The maximum absolute atomic E-state index is 11.8. The van der Waals surface area contributed by atoms with Crippen molar-refractivity contribution in [2.45, 2.75) is 0 Å². The molecule has 6 nitrogen and oxygen atoms in total. The number of nitrogen functional groups attached to an aromatic ring is 1. The van der Waals surface area contributed by atoms with Gasteiger partial charge in [-0.2, -0.15) is 5.26 Å². The van der Waals surface area contributed by atoms with Gasteiger partial charge in [0.05, 0.1) is 5.69 Å². The van der Waals surface area contributed by atoms with Gasteiger partial charge in [0.1, 0.15) is 6.07 Å². The lowest BCUT2D eigenvalue weighted by Crippen LogP contribution is -2.15. The summed E-state index contributed by atoms with van der Waals surface area (Å²) < 4.78 is 0. The molecule has 3 N–H and O–H groups in total. The number of nitriles is 1. The van der Waals surface area contributed by atoms with Crippen LogP contribution in [0.25, 0.3) is 0 Å². The summed E-state index contributed by atoms with van der Waals surface area (Å²) >= 11 is 0. The van der Waals surface area contributed by atoms with Gasteiger partial charge in [-0.15, -0.1) is 10.2 Å². The number of anilines is 2. The average Bonchev–Trinajstić information content (AvgIpc) is 2.42. The SMILES string of the molecule is N#Cc1cc(N)c(NC(=O)c2ccccc2)nn1. The fourth-order valence-corrected chi connectivity index (χ4v) is 1.33. The van der Waals surface area contributed by atoms with Crippen LogP contribution in [0.2, 0.25) is 0 Å². The van der Waals surface area contributed by atoms with E-state index in [1.807, 2.05) is 12.1 Å². The Hall–Kier alpha value is -2.94. The fraction of sp³-hybridized carbons (Fsp3) is 0. The standard InChI is InChI=1S/C12H9N5O/c13-7-9-6-10(14)11(17-16-9)15-12(18)8-4-2-1-3-5-8/h1-6H,(H2,14,16)(H,15,17,18). The van der Waals surface area contributed by atoms with E-state index in [1.165, 1.54) is 6.07 Å². The van der Waals surface area contributed by atoms with Crippen molar-refractivity contribution in [3.8, 4) is 6.07 Å². The predicted octanol–water partition coefficient (Wildman–Crippen LogP) is 1.18. The summed E-state index contributed by atoms with van der Waals surface area (Å²) in [5.74, 6) is -0.191. The Morgan fingerprint density at radius 1 is 1.28 bits per heavy atom. The van der Waals surface area contributed by atoms with E-state index >= 15 is 0 Å². The van der Waals surface area contributed by atoms with E-state index in [0.717, 1.165) is 0 Å². The van der Waals surface area contributed by atoms with Gasteiger partial charge >= 0.3 is 0 Å². The molecule has 1 heterocycles. The number of nitrogens with one attached hydrogen (secondary N) is 1. The van der Waals surface area contributed by atoms with Crippen molar-refractivity contribution in [3.63, 3.8) is 0 Å². The highest BCUT2D eigenvalue weighted by Crippen LogP contribution is 2.15. The molecule has 0 aliphatic heterocycles. The van der Waals surface area contributed by atoms with E-state index in [2.05, 4.69) is 15.5 Å². The highest BCUT2D eigenvalue weighted by Gasteiger charge is 2.09. The molecule has 0 atom stereocenters. The number of aromatic nitrogens is 2. The van der Waals surface area contributed by atoms with E-state index in [1.54, 1.807) is 24.3 Å². The molecule has 2 rings (SSSR count). The monoisotopic (exact) mass is 239 g/mol. The molecule has 0 aliphatic carbocycles. The van der Waals surface area contributed by atoms with Gasteiger partial charge < -0.3 is 11.1 Å². The number of hydrogen-bond donors (Lipinski definition) is 2. The summed E-state index contributed by atoms with van der Waals surface area (Å²) in [7, 11) is 0. The summed E-state index contributed by atoms with van der Waals surface area (Å²) in [4.78, 5) is 11.8.